The SMILES string of the molecule is CN=C(NCCN1C(=O)C2C3C=CC(C3)C2C1=O)NCc1ccccc1OCC(C)C.I. The fraction of sp³-hybridized carbons (Fsp3) is 0.542. The van der Waals surface area contributed by atoms with Crippen molar-refractivity contribution in [3.05, 3.63) is 42.0 Å². The van der Waals surface area contributed by atoms with Gasteiger partial charge in [-0.2, -0.15) is 0 Å². The number of ether oxygens (including phenoxy) is 1. The molecule has 0 spiro atoms. The molecule has 1 aromatic carbocycles. The van der Waals surface area contributed by atoms with Crippen LogP contribution >= 0.6 is 24.0 Å². The number of benzene rings is 1. The number of imide groups is 1. The Morgan fingerprint density at radius 3 is 2.41 bits per heavy atom. The molecule has 1 saturated heterocycles. The zero-order valence-corrected chi connectivity index (χ0v) is 21.2. The summed E-state index contributed by atoms with van der Waals surface area (Å²) in [7, 11) is 1.70. The molecule has 0 aromatic heterocycles. The highest BCUT2D eigenvalue weighted by atomic mass is 127. The van der Waals surface area contributed by atoms with Gasteiger partial charge in [-0.25, -0.2) is 0 Å². The van der Waals surface area contributed by atoms with Crippen molar-refractivity contribution in [1.82, 2.24) is 15.5 Å². The first-order chi connectivity index (χ1) is 15.0. The molecule has 174 valence electrons. The quantitative estimate of drug-likeness (QED) is 0.171. The van der Waals surface area contributed by atoms with Gasteiger partial charge in [-0.3, -0.25) is 19.5 Å². The third-order valence-corrected chi connectivity index (χ3v) is 6.40. The number of allylic oxidation sites excluding steroid dienone is 2. The van der Waals surface area contributed by atoms with Crippen LogP contribution in [0.25, 0.3) is 0 Å². The van der Waals surface area contributed by atoms with Gasteiger partial charge >= 0.3 is 0 Å². The van der Waals surface area contributed by atoms with E-state index in [1.807, 2.05) is 24.3 Å². The van der Waals surface area contributed by atoms with Crippen molar-refractivity contribution in [2.75, 3.05) is 26.7 Å². The lowest BCUT2D eigenvalue weighted by Crippen LogP contribution is -2.43. The molecule has 4 atom stereocenters. The monoisotopic (exact) mass is 552 g/mol. The van der Waals surface area contributed by atoms with Crippen LogP contribution in [0.2, 0.25) is 0 Å². The smallest absolute Gasteiger partial charge is 0.233 e. The van der Waals surface area contributed by atoms with E-state index in [4.69, 9.17) is 4.74 Å². The molecule has 2 N–H and O–H groups in total. The number of guanidine groups is 1. The van der Waals surface area contributed by atoms with Crippen molar-refractivity contribution in [2.45, 2.75) is 26.8 Å². The zero-order valence-electron chi connectivity index (χ0n) is 18.9. The molecule has 4 rings (SSSR count). The molecule has 2 bridgehead atoms. The van der Waals surface area contributed by atoms with E-state index in [9.17, 15) is 9.59 Å². The van der Waals surface area contributed by atoms with E-state index in [1.165, 1.54) is 4.90 Å². The van der Waals surface area contributed by atoms with Crippen molar-refractivity contribution in [1.29, 1.82) is 0 Å². The number of nitrogens with zero attached hydrogens (tertiary/aromatic N) is 2. The Balaban J connectivity index is 0.00000289. The Labute approximate surface area is 207 Å². The Hall–Kier alpha value is -2.10. The second-order valence-corrected chi connectivity index (χ2v) is 8.99. The first-order valence-corrected chi connectivity index (χ1v) is 11.2. The Morgan fingerprint density at radius 2 is 1.78 bits per heavy atom. The molecule has 2 fully saturated rings. The molecule has 2 aliphatic carbocycles. The van der Waals surface area contributed by atoms with Crippen LogP contribution in [0.15, 0.2) is 41.4 Å². The van der Waals surface area contributed by atoms with E-state index in [0.29, 0.717) is 38.1 Å². The summed E-state index contributed by atoms with van der Waals surface area (Å²) < 4.78 is 5.91. The fourth-order valence-corrected chi connectivity index (χ4v) is 4.92. The largest absolute Gasteiger partial charge is 0.493 e. The summed E-state index contributed by atoms with van der Waals surface area (Å²) in [5.41, 5.74) is 1.05. The number of fused-ring (bicyclic) bond motifs is 5. The average molecular weight is 552 g/mol. The Kier molecular flexibility index (Phi) is 8.19. The number of halogens is 1. The zero-order chi connectivity index (χ0) is 22.0. The number of carbonyl (C=O) groups is 2. The maximum Gasteiger partial charge on any atom is 0.233 e. The molecular weight excluding hydrogens is 519 g/mol. The van der Waals surface area contributed by atoms with Gasteiger partial charge in [0.15, 0.2) is 5.96 Å². The lowest BCUT2D eigenvalue weighted by molar-refractivity contribution is -0.140. The molecule has 3 aliphatic rings. The molecule has 7 nitrogen and oxygen atoms in total. The van der Waals surface area contributed by atoms with Gasteiger partial charge in [0.05, 0.1) is 18.4 Å². The van der Waals surface area contributed by atoms with Crippen molar-refractivity contribution < 1.29 is 14.3 Å². The Bertz CT molecular complexity index is 871. The number of amides is 2. The molecule has 1 aromatic rings. The van der Waals surface area contributed by atoms with E-state index in [0.717, 1.165) is 17.7 Å². The summed E-state index contributed by atoms with van der Waals surface area (Å²) in [6.07, 6.45) is 5.19. The van der Waals surface area contributed by atoms with Crippen molar-refractivity contribution >= 4 is 41.8 Å². The molecule has 0 radical (unpaired) electrons. The van der Waals surface area contributed by atoms with Crippen LogP contribution in [-0.4, -0.2) is 49.4 Å². The minimum atomic E-state index is -0.137. The Morgan fingerprint density at radius 1 is 1.12 bits per heavy atom. The van der Waals surface area contributed by atoms with E-state index in [2.05, 4.69) is 41.6 Å². The van der Waals surface area contributed by atoms with Gasteiger partial charge in [0.25, 0.3) is 0 Å². The maximum absolute atomic E-state index is 12.8. The van der Waals surface area contributed by atoms with Gasteiger partial charge < -0.3 is 15.4 Å². The molecule has 1 saturated carbocycles. The van der Waals surface area contributed by atoms with E-state index in [-0.39, 0.29) is 59.5 Å². The minimum Gasteiger partial charge on any atom is -0.493 e. The van der Waals surface area contributed by atoms with Crippen LogP contribution in [0.1, 0.15) is 25.8 Å². The van der Waals surface area contributed by atoms with Gasteiger partial charge in [-0.1, -0.05) is 44.2 Å². The third-order valence-electron chi connectivity index (χ3n) is 6.40. The van der Waals surface area contributed by atoms with Gasteiger partial charge in [-0.15, -0.1) is 24.0 Å². The number of hydrogen-bond acceptors (Lipinski definition) is 4. The summed E-state index contributed by atoms with van der Waals surface area (Å²) in [5, 5.41) is 6.50. The van der Waals surface area contributed by atoms with Crippen LogP contribution in [0.3, 0.4) is 0 Å². The standard InChI is InChI=1S/C24H32N4O3.HI/c1-15(2)14-31-19-7-5-4-6-18(19)13-27-24(25-3)26-10-11-28-22(29)20-16-8-9-17(12-16)21(20)23(28)30;/h4-9,15-17,20-21H,10-14H2,1-3H3,(H2,25,26,27);1H. The summed E-state index contributed by atoms with van der Waals surface area (Å²) in [6, 6.07) is 7.95. The van der Waals surface area contributed by atoms with E-state index < -0.39 is 0 Å². The topological polar surface area (TPSA) is 83.0 Å². The van der Waals surface area contributed by atoms with Crippen LogP contribution in [0.5, 0.6) is 5.75 Å². The summed E-state index contributed by atoms with van der Waals surface area (Å²) in [4.78, 5) is 31.2. The number of para-hydroxylation sites is 1. The summed E-state index contributed by atoms with van der Waals surface area (Å²) in [5.74, 6) is 2.15. The van der Waals surface area contributed by atoms with Crippen LogP contribution < -0.4 is 15.4 Å². The lowest BCUT2D eigenvalue weighted by Gasteiger charge is -2.19. The average Bonchev–Trinajstić information content (AvgIpc) is 3.44. The van der Waals surface area contributed by atoms with Crippen molar-refractivity contribution in [2.24, 2.45) is 34.6 Å². The van der Waals surface area contributed by atoms with Gasteiger partial charge in [0.1, 0.15) is 5.75 Å². The molecule has 4 unspecified atom stereocenters. The predicted octanol–water partition coefficient (Wildman–Crippen LogP) is 2.81. The minimum absolute atomic E-state index is 0. The number of hydrogen-bond donors (Lipinski definition) is 2. The lowest BCUT2D eigenvalue weighted by atomic mass is 9.85. The molecule has 2 amide bonds. The highest BCUT2D eigenvalue weighted by Crippen LogP contribution is 2.52. The second kappa shape index (κ2) is 10.7. The second-order valence-electron chi connectivity index (χ2n) is 8.99. The molecule has 1 aliphatic heterocycles. The molecular formula is C24H33IN4O3. The summed E-state index contributed by atoms with van der Waals surface area (Å²) in [6.45, 7) is 6.30. The highest BCUT2D eigenvalue weighted by Gasteiger charge is 2.58. The van der Waals surface area contributed by atoms with Crippen molar-refractivity contribution in [3.8, 4) is 5.75 Å². The third kappa shape index (κ3) is 4.94. The van der Waals surface area contributed by atoms with Crippen LogP contribution in [0, 0.1) is 29.6 Å². The number of aliphatic imine (C=N–C) groups is 1. The first kappa shape index (κ1) is 24.5. The summed E-state index contributed by atoms with van der Waals surface area (Å²) >= 11 is 0. The van der Waals surface area contributed by atoms with E-state index in [1.54, 1.807) is 7.05 Å². The molecule has 1 heterocycles. The normalized spacial score (nSPS) is 25.9. The van der Waals surface area contributed by atoms with E-state index >= 15 is 0 Å². The van der Waals surface area contributed by atoms with Crippen molar-refractivity contribution in [3.63, 3.8) is 0 Å². The number of likely N-dealkylation sites (tertiary alicyclic amines) is 1. The maximum atomic E-state index is 12.8. The number of rotatable bonds is 8. The number of carbonyl (C=O) groups excluding carboxylic acids is 2. The fourth-order valence-electron chi connectivity index (χ4n) is 4.92. The van der Waals surface area contributed by atoms with Crippen LogP contribution in [-0.2, 0) is 16.1 Å². The van der Waals surface area contributed by atoms with Gasteiger partial charge in [0.2, 0.25) is 11.8 Å². The highest BCUT2D eigenvalue weighted by molar-refractivity contribution is 14.0. The molecule has 32 heavy (non-hydrogen) atoms. The predicted molar refractivity (Wildman–Crippen MR) is 135 cm³/mol. The first-order valence-electron chi connectivity index (χ1n) is 11.2. The van der Waals surface area contributed by atoms with Gasteiger partial charge in [-0.05, 0) is 30.2 Å². The van der Waals surface area contributed by atoms with Crippen LogP contribution in [0.4, 0.5) is 0 Å². The van der Waals surface area contributed by atoms with Gasteiger partial charge in [0, 0.05) is 32.2 Å². The molecule has 8 heteroatoms. The number of nitrogens with one attached hydrogen (secondary N) is 2.